The van der Waals surface area contributed by atoms with E-state index in [1.807, 2.05) is 30.3 Å². The van der Waals surface area contributed by atoms with E-state index in [2.05, 4.69) is 10.3 Å². The molecule has 1 N–H and O–H groups in total. The Morgan fingerprint density at radius 1 is 1.16 bits per heavy atom. The topological polar surface area (TPSA) is 60.5 Å². The van der Waals surface area contributed by atoms with E-state index in [1.165, 1.54) is 6.42 Å². The van der Waals surface area contributed by atoms with Crippen LogP contribution in [0.5, 0.6) is 5.75 Å². The fourth-order valence-corrected chi connectivity index (χ4v) is 3.23. The summed E-state index contributed by atoms with van der Waals surface area (Å²) in [7, 11) is 3.33. The number of carbonyl (C=O) groups excluding carboxylic acids is 1. The first-order valence-corrected chi connectivity index (χ1v) is 8.52. The number of hydrogen-bond acceptors (Lipinski definition) is 4. The predicted molar refractivity (Wildman–Crippen MR) is 96.7 cm³/mol. The SMILES string of the molecule is COCC1(CNC(=O)c2ccc(-c3cncc(OC)c3)cc2)CCC1. The summed E-state index contributed by atoms with van der Waals surface area (Å²) in [6, 6.07) is 9.47. The van der Waals surface area contributed by atoms with E-state index in [0.717, 1.165) is 24.0 Å². The number of amides is 1. The maximum absolute atomic E-state index is 12.4. The molecule has 1 heterocycles. The van der Waals surface area contributed by atoms with Crippen LogP contribution in [0.25, 0.3) is 11.1 Å². The first kappa shape index (κ1) is 17.4. The van der Waals surface area contributed by atoms with Gasteiger partial charge in [-0.1, -0.05) is 18.6 Å². The minimum atomic E-state index is -0.0438. The van der Waals surface area contributed by atoms with Gasteiger partial charge in [-0.05, 0) is 36.6 Å². The Bertz CT molecular complexity index is 724. The van der Waals surface area contributed by atoms with Gasteiger partial charge in [0.25, 0.3) is 5.91 Å². The van der Waals surface area contributed by atoms with Crippen molar-refractivity contribution >= 4 is 5.91 Å². The molecule has 0 spiro atoms. The molecule has 5 nitrogen and oxygen atoms in total. The minimum absolute atomic E-state index is 0.0438. The van der Waals surface area contributed by atoms with Crippen LogP contribution in [-0.2, 0) is 4.74 Å². The normalized spacial score (nSPS) is 15.3. The fraction of sp³-hybridized carbons (Fsp3) is 0.400. The molecule has 1 aromatic heterocycles. The lowest BCUT2D eigenvalue weighted by Gasteiger charge is -2.41. The number of hydrogen-bond donors (Lipinski definition) is 1. The zero-order chi connectivity index (χ0) is 17.7. The molecule has 2 aromatic rings. The molecule has 25 heavy (non-hydrogen) atoms. The number of rotatable bonds is 7. The zero-order valence-corrected chi connectivity index (χ0v) is 14.7. The van der Waals surface area contributed by atoms with Gasteiger partial charge in [-0.25, -0.2) is 0 Å². The maximum Gasteiger partial charge on any atom is 0.251 e. The molecule has 1 aliphatic carbocycles. The van der Waals surface area contributed by atoms with Crippen molar-refractivity contribution < 1.29 is 14.3 Å². The second-order valence-corrected chi connectivity index (χ2v) is 6.66. The molecule has 1 aliphatic rings. The summed E-state index contributed by atoms with van der Waals surface area (Å²) in [6.45, 7) is 1.37. The molecular formula is C20H24N2O3. The standard InChI is InChI=1S/C20H24N2O3/c1-24-14-20(8-3-9-20)13-22-19(23)16-6-4-15(5-7-16)17-10-18(25-2)12-21-11-17/h4-7,10-12H,3,8-9,13-14H2,1-2H3,(H,22,23). The van der Waals surface area contributed by atoms with Gasteiger partial charge in [-0.15, -0.1) is 0 Å². The van der Waals surface area contributed by atoms with Crippen LogP contribution >= 0.6 is 0 Å². The van der Waals surface area contributed by atoms with Crippen LogP contribution in [0.1, 0.15) is 29.6 Å². The van der Waals surface area contributed by atoms with Gasteiger partial charge in [0.1, 0.15) is 5.75 Å². The van der Waals surface area contributed by atoms with Crippen LogP contribution in [0.4, 0.5) is 0 Å². The van der Waals surface area contributed by atoms with Crippen molar-refractivity contribution in [1.82, 2.24) is 10.3 Å². The van der Waals surface area contributed by atoms with Gasteiger partial charge in [-0.2, -0.15) is 0 Å². The molecule has 0 radical (unpaired) electrons. The van der Waals surface area contributed by atoms with Crippen LogP contribution in [0.15, 0.2) is 42.7 Å². The quantitative estimate of drug-likeness (QED) is 0.840. The summed E-state index contributed by atoms with van der Waals surface area (Å²) in [6.07, 6.45) is 6.89. The average molecular weight is 340 g/mol. The summed E-state index contributed by atoms with van der Waals surface area (Å²) in [5.41, 5.74) is 2.74. The van der Waals surface area contributed by atoms with Crippen LogP contribution < -0.4 is 10.1 Å². The number of pyridine rings is 1. The van der Waals surface area contributed by atoms with Crippen LogP contribution in [-0.4, -0.2) is 38.3 Å². The minimum Gasteiger partial charge on any atom is -0.495 e. The second-order valence-electron chi connectivity index (χ2n) is 6.66. The number of ether oxygens (including phenoxy) is 2. The van der Waals surface area contributed by atoms with Gasteiger partial charge in [0.2, 0.25) is 0 Å². The van der Waals surface area contributed by atoms with E-state index in [4.69, 9.17) is 9.47 Å². The van der Waals surface area contributed by atoms with Crippen LogP contribution in [0, 0.1) is 5.41 Å². The van der Waals surface area contributed by atoms with E-state index in [1.54, 1.807) is 26.6 Å². The van der Waals surface area contributed by atoms with E-state index in [9.17, 15) is 4.79 Å². The van der Waals surface area contributed by atoms with Crippen molar-refractivity contribution in [1.29, 1.82) is 0 Å². The van der Waals surface area contributed by atoms with Crippen molar-refractivity contribution in [3.63, 3.8) is 0 Å². The van der Waals surface area contributed by atoms with Gasteiger partial charge in [-0.3, -0.25) is 9.78 Å². The van der Waals surface area contributed by atoms with Gasteiger partial charge < -0.3 is 14.8 Å². The van der Waals surface area contributed by atoms with E-state index < -0.39 is 0 Å². The summed E-state index contributed by atoms with van der Waals surface area (Å²) in [5, 5.41) is 3.05. The molecule has 1 amide bonds. The van der Waals surface area contributed by atoms with E-state index in [-0.39, 0.29) is 11.3 Å². The van der Waals surface area contributed by atoms with Gasteiger partial charge in [0, 0.05) is 36.4 Å². The molecule has 1 fully saturated rings. The monoisotopic (exact) mass is 340 g/mol. The summed E-state index contributed by atoms with van der Waals surface area (Å²) < 4.78 is 10.5. The molecule has 1 aromatic carbocycles. The molecule has 1 saturated carbocycles. The Morgan fingerprint density at radius 2 is 1.92 bits per heavy atom. The number of carbonyl (C=O) groups is 1. The molecule has 132 valence electrons. The first-order chi connectivity index (χ1) is 12.2. The van der Waals surface area contributed by atoms with Crippen LogP contribution in [0.2, 0.25) is 0 Å². The number of methoxy groups -OCH3 is 2. The highest BCUT2D eigenvalue weighted by atomic mass is 16.5. The Kier molecular flexibility index (Phi) is 5.34. The highest BCUT2D eigenvalue weighted by Gasteiger charge is 2.37. The number of benzene rings is 1. The molecule has 0 atom stereocenters. The zero-order valence-electron chi connectivity index (χ0n) is 14.7. The molecule has 0 bridgehead atoms. The molecule has 0 saturated heterocycles. The summed E-state index contributed by atoms with van der Waals surface area (Å²) >= 11 is 0. The highest BCUT2D eigenvalue weighted by Crippen LogP contribution is 2.40. The van der Waals surface area contributed by atoms with E-state index >= 15 is 0 Å². The second kappa shape index (κ2) is 7.66. The Labute approximate surface area is 148 Å². The Balaban J connectivity index is 1.64. The highest BCUT2D eigenvalue weighted by molar-refractivity contribution is 5.94. The van der Waals surface area contributed by atoms with Crippen molar-refractivity contribution in [2.75, 3.05) is 27.4 Å². The largest absolute Gasteiger partial charge is 0.495 e. The lowest BCUT2D eigenvalue weighted by atomic mass is 9.69. The number of nitrogens with one attached hydrogen (secondary N) is 1. The lowest BCUT2D eigenvalue weighted by Crippen LogP contribution is -2.45. The Hall–Kier alpha value is -2.40. The molecule has 0 unspecified atom stereocenters. The molecule has 5 heteroatoms. The first-order valence-electron chi connectivity index (χ1n) is 8.52. The predicted octanol–water partition coefficient (Wildman–Crippen LogP) is 3.30. The Morgan fingerprint density at radius 3 is 2.52 bits per heavy atom. The van der Waals surface area contributed by atoms with Crippen molar-refractivity contribution in [3.8, 4) is 16.9 Å². The third-order valence-corrected chi connectivity index (χ3v) is 4.92. The van der Waals surface area contributed by atoms with Crippen molar-refractivity contribution in [2.45, 2.75) is 19.3 Å². The summed E-state index contributed by atoms with van der Waals surface area (Å²) in [5.74, 6) is 0.668. The molecular weight excluding hydrogens is 316 g/mol. The van der Waals surface area contributed by atoms with Crippen molar-refractivity contribution in [3.05, 3.63) is 48.3 Å². The smallest absolute Gasteiger partial charge is 0.251 e. The molecule has 3 rings (SSSR count). The van der Waals surface area contributed by atoms with Gasteiger partial charge in [0.05, 0.1) is 19.9 Å². The maximum atomic E-state index is 12.4. The fourth-order valence-electron chi connectivity index (χ4n) is 3.23. The van der Waals surface area contributed by atoms with Gasteiger partial charge >= 0.3 is 0 Å². The van der Waals surface area contributed by atoms with Crippen molar-refractivity contribution in [2.24, 2.45) is 5.41 Å². The van der Waals surface area contributed by atoms with E-state index in [0.29, 0.717) is 24.5 Å². The molecule has 0 aliphatic heterocycles. The number of aromatic nitrogens is 1. The van der Waals surface area contributed by atoms with Gasteiger partial charge in [0.15, 0.2) is 0 Å². The van der Waals surface area contributed by atoms with Crippen LogP contribution in [0.3, 0.4) is 0 Å². The number of nitrogens with zero attached hydrogens (tertiary/aromatic N) is 1. The third kappa shape index (κ3) is 3.99. The average Bonchev–Trinajstić information content (AvgIpc) is 2.63. The third-order valence-electron chi connectivity index (χ3n) is 4.92. The lowest BCUT2D eigenvalue weighted by molar-refractivity contribution is 0.0180. The summed E-state index contributed by atoms with van der Waals surface area (Å²) in [4.78, 5) is 16.6.